The summed E-state index contributed by atoms with van der Waals surface area (Å²) in [4.78, 5) is 7.15. The SMILES string of the molecule is CCNC(=NCCC1CCN(CC)CC1)NC1CCS(=O)(=O)C1.I. The topological polar surface area (TPSA) is 73.8 Å². The Balaban J connectivity index is 0.00000288. The van der Waals surface area contributed by atoms with E-state index in [4.69, 9.17) is 0 Å². The van der Waals surface area contributed by atoms with Crippen LogP contribution in [0.15, 0.2) is 4.99 Å². The maximum absolute atomic E-state index is 11.5. The summed E-state index contributed by atoms with van der Waals surface area (Å²) in [5, 5.41) is 6.50. The van der Waals surface area contributed by atoms with Gasteiger partial charge in [-0.25, -0.2) is 8.42 Å². The molecule has 2 N–H and O–H groups in total. The fraction of sp³-hybridized carbons (Fsp3) is 0.938. The molecule has 0 aromatic heterocycles. The van der Waals surface area contributed by atoms with Crippen molar-refractivity contribution in [3.63, 3.8) is 0 Å². The van der Waals surface area contributed by atoms with Gasteiger partial charge in [-0.1, -0.05) is 6.92 Å². The molecule has 2 saturated heterocycles. The number of nitrogens with one attached hydrogen (secondary N) is 2. The second-order valence-corrected chi connectivity index (χ2v) is 8.90. The first-order chi connectivity index (χ1) is 11.0. The summed E-state index contributed by atoms with van der Waals surface area (Å²) in [6, 6.07) is 0.00518. The Morgan fingerprint density at radius 2 is 1.92 bits per heavy atom. The standard InChI is InChI=1S/C16H32N4O2S.HI/c1-3-17-16(19-15-8-12-23(21,22)13-15)18-9-5-14-6-10-20(4-2)11-7-14;/h14-15H,3-13H2,1-2H3,(H2,17,18,19);1H. The zero-order chi connectivity index (χ0) is 16.7. The maximum atomic E-state index is 11.5. The number of halogens is 1. The van der Waals surface area contributed by atoms with Crippen molar-refractivity contribution in [3.05, 3.63) is 0 Å². The van der Waals surface area contributed by atoms with Gasteiger partial charge in [-0.05, 0) is 58.2 Å². The Labute approximate surface area is 164 Å². The van der Waals surface area contributed by atoms with Crippen LogP contribution in [0.25, 0.3) is 0 Å². The fourth-order valence-electron chi connectivity index (χ4n) is 3.37. The van der Waals surface area contributed by atoms with Gasteiger partial charge in [-0.15, -0.1) is 24.0 Å². The first-order valence-corrected chi connectivity index (χ1v) is 10.8. The van der Waals surface area contributed by atoms with Crippen molar-refractivity contribution in [1.29, 1.82) is 0 Å². The van der Waals surface area contributed by atoms with Crippen molar-refractivity contribution in [3.8, 4) is 0 Å². The summed E-state index contributed by atoms with van der Waals surface area (Å²) in [5.41, 5.74) is 0. The summed E-state index contributed by atoms with van der Waals surface area (Å²) in [5.74, 6) is 2.06. The van der Waals surface area contributed by atoms with Crippen LogP contribution >= 0.6 is 24.0 Å². The van der Waals surface area contributed by atoms with Gasteiger partial charge in [0, 0.05) is 19.1 Å². The van der Waals surface area contributed by atoms with Crippen molar-refractivity contribution < 1.29 is 8.42 Å². The molecule has 0 saturated carbocycles. The van der Waals surface area contributed by atoms with Crippen LogP contribution in [0.1, 0.15) is 39.5 Å². The highest BCUT2D eigenvalue weighted by Gasteiger charge is 2.28. The molecule has 0 aromatic carbocycles. The minimum atomic E-state index is -2.85. The molecule has 24 heavy (non-hydrogen) atoms. The number of hydrogen-bond donors (Lipinski definition) is 2. The summed E-state index contributed by atoms with van der Waals surface area (Å²) >= 11 is 0. The lowest BCUT2D eigenvalue weighted by molar-refractivity contribution is 0.188. The van der Waals surface area contributed by atoms with Gasteiger partial charge in [0.1, 0.15) is 0 Å². The molecule has 0 aromatic rings. The van der Waals surface area contributed by atoms with Crippen molar-refractivity contribution in [2.45, 2.75) is 45.6 Å². The molecule has 0 bridgehead atoms. The van der Waals surface area contributed by atoms with E-state index < -0.39 is 9.84 Å². The number of hydrogen-bond acceptors (Lipinski definition) is 4. The molecule has 0 radical (unpaired) electrons. The van der Waals surface area contributed by atoms with Gasteiger partial charge in [0.05, 0.1) is 11.5 Å². The second kappa shape index (κ2) is 10.8. The van der Waals surface area contributed by atoms with Crippen LogP contribution in [-0.4, -0.2) is 69.5 Å². The Morgan fingerprint density at radius 3 is 2.46 bits per heavy atom. The van der Waals surface area contributed by atoms with Crippen LogP contribution in [0.3, 0.4) is 0 Å². The first kappa shape index (κ1) is 22.0. The average Bonchev–Trinajstić information content (AvgIpc) is 2.87. The molecule has 0 amide bonds. The lowest BCUT2D eigenvalue weighted by Gasteiger charge is -2.30. The number of rotatable bonds is 6. The molecular weight excluding hydrogens is 439 g/mol. The van der Waals surface area contributed by atoms with E-state index in [1.807, 2.05) is 6.92 Å². The molecule has 2 fully saturated rings. The van der Waals surface area contributed by atoms with E-state index in [0.29, 0.717) is 12.2 Å². The van der Waals surface area contributed by atoms with E-state index in [0.717, 1.165) is 37.9 Å². The van der Waals surface area contributed by atoms with Gasteiger partial charge in [-0.3, -0.25) is 4.99 Å². The van der Waals surface area contributed by atoms with Crippen LogP contribution in [0.4, 0.5) is 0 Å². The minimum absolute atomic E-state index is 0. The quantitative estimate of drug-likeness (QED) is 0.348. The molecule has 0 aliphatic carbocycles. The highest BCUT2D eigenvalue weighted by atomic mass is 127. The van der Waals surface area contributed by atoms with Crippen molar-refractivity contribution >= 4 is 39.8 Å². The first-order valence-electron chi connectivity index (χ1n) is 9.00. The summed E-state index contributed by atoms with van der Waals surface area (Å²) in [6.07, 6.45) is 4.35. The summed E-state index contributed by atoms with van der Waals surface area (Å²) in [7, 11) is -2.85. The predicted octanol–water partition coefficient (Wildman–Crippen LogP) is 1.47. The Hall–Kier alpha value is -0.0900. The lowest BCUT2D eigenvalue weighted by atomic mass is 9.94. The van der Waals surface area contributed by atoms with E-state index in [9.17, 15) is 8.42 Å². The van der Waals surface area contributed by atoms with Crippen molar-refractivity contribution in [2.24, 2.45) is 10.9 Å². The predicted molar refractivity (Wildman–Crippen MR) is 111 cm³/mol. The number of piperidine rings is 1. The van der Waals surface area contributed by atoms with Gasteiger partial charge < -0.3 is 15.5 Å². The highest BCUT2D eigenvalue weighted by molar-refractivity contribution is 14.0. The van der Waals surface area contributed by atoms with Gasteiger partial charge in [0.25, 0.3) is 0 Å². The minimum Gasteiger partial charge on any atom is -0.357 e. The number of guanidine groups is 1. The molecule has 2 aliphatic rings. The number of likely N-dealkylation sites (tertiary alicyclic amines) is 1. The third kappa shape index (κ3) is 7.43. The maximum Gasteiger partial charge on any atom is 0.191 e. The Morgan fingerprint density at radius 1 is 1.21 bits per heavy atom. The molecule has 0 spiro atoms. The van der Waals surface area contributed by atoms with E-state index in [1.165, 1.54) is 25.9 Å². The lowest BCUT2D eigenvalue weighted by Crippen LogP contribution is -2.44. The molecule has 8 heteroatoms. The van der Waals surface area contributed by atoms with Gasteiger partial charge >= 0.3 is 0 Å². The molecule has 142 valence electrons. The molecule has 1 atom stereocenters. The van der Waals surface area contributed by atoms with Gasteiger partial charge in [-0.2, -0.15) is 0 Å². The Kier molecular flexibility index (Phi) is 9.88. The zero-order valence-corrected chi connectivity index (χ0v) is 18.1. The molecule has 6 nitrogen and oxygen atoms in total. The van der Waals surface area contributed by atoms with E-state index in [2.05, 4.69) is 27.4 Å². The fourth-order valence-corrected chi connectivity index (χ4v) is 5.05. The third-order valence-corrected chi connectivity index (χ3v) is 6.65. The smallest absolute Gasteiger partial charge is 0.191 e. The number of aliphatic imine (C=N–C) groups is 1. The average molecular weight is 472 g/mol. The van der Waals surface area contributed by atoms with Crippen molar-refractivity contribution in [1.82, 2.24) is 15.5 Å². The van der Waals surface area contributed by atoms with Gasteiger partial charge in [0.2, 0.25) is 0 Å². The largest absolute Gasteiger partial charge is 0.357 e. The number of nitrogens with zero attached hydrogens (tertiary/aromatic N) is 2. The van der Waals surface area contributed by atoms with Crippen LogP contribution in [-0.2, 0) is 9.84 Å². The van der Waals surface area contributed by atoms with E-state index in [1.54, 1.807) is 0 Å². The third-order valence-electron chi connectivity index (χ3n) is 4.88. The molecule has 2 rings (SSSR count). The van der Waals surface area contributed by atoms with Crippen molar-refractivity contribution in [2.75, 3.05) is 44.2 Å². The normalized spacial score (nSPS) is 25.2. The highest BCUT2D eigenvalue weighted by Crippen LogP contribution is 2.20. The molecular formula is C16H33IN4O2S. The molecule has 1 unspecified atom stereocenters. The molecule has 2 aliphatic heterocycles. The summed E-state index contributed by atoms with van der Waals surface area (Å²) in [6.45, 7) is 9.44. The number of sulfone groups is 1. The van der Waals surface area contributed by atoms with Gasteiger partial charge in [0.15, 0.2) is 15.8 Å². The van der Waals surface area contributed by atoms with Crippen LogP contribution in [0.2, 0.25) is 0 Å². The summed E-state index contributed by atoms with van der Waals surface area (Å²) < 4.78 is 23.1. The van der Waals surface area contributed by atoms with Crippen LogP contribution in [0.5, 0.6) is 0 Å². The van der Waals surface area contributed by atoms with E-state index >= 15 is 0 Å². The second-order valence-electron chi connectivity index (χ2n) is 6.67. The van der Waals surface area contributed by atoms with Crippen LogP contribution < -0.4 is 10.6 Å². The molecule has 2 heterocycles. The van der Waals surface area contributed by atoms with E-state index in [-0.39, 0.29) is 35.8 Å². The Bertz CT molecular complexity index is 490. The van der Waals surface area contributed by atoms with Crippen LogP contribution in [0, 0.1) is 5.92 Å². The monoisotopic (exact) mass is 472 g/mol. The zero-order valence-electron chi connectivity index (χ0n) is 15.0.